The van der Waals surface area contributed by atoms with Gasteiger partial charge in [-0.05, 0) is 33.2 Å². The van der Waals surface area contributed by atoms with E-state index in [0.29, 0.717) is 6.10 Å². The highest BCUT2D eigenvalue weighted by atomic mass is 16.5. The lowest BCUT2D eigenvalue weighted by atomic mass is 10.1. The summed E-state index contributed by atoms with van der Waals surface area (Å²) in [6.45, 7) is 11.2. The minimum atomic E-state index is -0.0909. The summed E-state index contributed by atoms with van der Waals surface area (Å²) in [5.74, 6) is 0. The molecule has 3 fully saturated rings. The molecule has 0 aromatic rings. The molecular formula is C13H25N3O. The van der Waals surface area contributed by atoms with Crippen molar-refractivity contribution in [1.82, 2.24) is 15.1 Å². The smallest absolute Gasteiger partial charge is 0.131 e. The van der Waals surface area contributed by atoms with Crippen molar-refractivity contribution in [3.63, 3.8) is 0 Å². The Morgan fingerprint density at radius 2 is 2.18 bits per heavy atom. The highest BCUT2D eigenvalue weighted by Crippen LogP contribution is 2.28. The van der Waals surface area contributed by atoms with E-state index in [2.05, 4.69) is 29.0 Å². The largest absolute Gasteiger partial charge is 0.355 e. The van der Waals surface area contributed by atoms with Gasteiger partial charge in [0, 0.05) is 38.8 Å². The van der Waals surface area contributed by atoms with Gasteiger partial charge in [-0.3, -0.25) is 9.80 Å². The molecule has 0 aromatic carbocycles. The van der Waals surface area contributed by atoms with Crippen molar-refractivity contribution < 1.29 is 4.74 Å². The first-order chi connectivity index (χ1) is 8.17. The number of hydrogen-bond acceptors (Lipinski definition) is 4. The normalized spacial score (nSPS) is 44.8. The maximum absolute atomic E-state index is 6.21. The molecule has 4 heteroatoms. The van der Waals surface area contributed by atoms with Gasteiger partial charge in [-0.15, -0.1) is 0 Å². The molecular weight excluding hydrogens is 214 g/mol. The first-order valence-electron chi connectivity index (χ1n) is 7.05. The highest BCUT2D eigenvalue weighted by Gasteiger charge is 2.41. The molecule has 0 amide bonds. The summed E-state index contributed by atoms with van der Waals surface area (Å²) in [7, 11) is 0. The molecule has 3 atom stereocenters. The molecule has 3 aliphatic heterocycles. The van der Waals surface area contributed by atoms with E-state index in [1.165, 1.54) is 32.5 Å². The minimum Gasteiger partial charge on any atom is -0.355 e. The summed E-state index contributed by atoms with van der Waals surface area (Å²) in [5, 5.41) is 3.50. The van der Waals surface area contributed by atoms with Crippen molar-refractivity contribution in [3.05, 3.63) is 0 Å². The van der Waals surface area contributed by atoms with Crippen LogP contribution in [0.1, 0.15) is 26.7 Å². The van der Waals surface area contributed by atoms with Gasteiger partial charge in [-0.25, -0.2) is 0 Å². The van der Waals surface area contributed by atoms with Gasteiger partial charge in [0.1, 0.15) is 5.72 Å². The van der Waals surface area contributed by atoms with Gasteiger partial charge < -0.3 is 10.1 Å². The summed E-state index contributed by atoms with van der Waals surface area (Å²) >= 11 is 0. The van der Waals surface area contributed by atoms with E-state index in [4.69, 9.17) is 4.74 Å². The van der Waals surface area contributed by atoms with Crippen LogP contribution >= 0.6 is 0 Å². The fraction of sp³-hybridized carbons (Fsp3) is 1.00. The molecule has 17 heavy (non-hydrogen) atoms. The van der Waals surface area contributed by atoms with E-state index in [1.807, 2.05) is 0 Å². The molecule has 1 N–H and O–H groups in total. The topological polar surface area (TPSA) is 27.7 Å². The van der Waals surface area contributed by atoms with E-state index in [0.717, 1.165) is 25.7 Å². The number of piperazine rings is 1. The van der Waals surface area contributed by atoms with Crippen LogP contribution in [0.5, 0.6) is 0 Å². The van der Waals surface area contributed by atoms with E-state index >= 15 is 0 Å². The minimum absolute atomic E-state index is 0.0909. The Balaban J connectivity index is 1.67. The zero-order valence-electron chi connectivity index (χ0n) is 11.1. The van der Waals surface area contributed by atoms with Crippen LogP contribution < -0.4 is 5.32 Å². The number of ether oxygens (including phenoxy) is 1. The molecule has 98 valence electrons. The zero-order chi connectivity index (χ0) is 11.9. The van der Waals surface area contributed by atoms with Crippen molar-refractivity contribution in [2.75, 3.05) is 39.3 Å². The summed E-state index contributed by atoms with van der Waals surface area (Å²) in [6.07, 6.45) is 3.08. The Morgan fingerprint density at radius 3 is 3.00 bits per heavy atom. The predicted octanol–water partition coefficient (Wildman–Crippen LogP) is 0.491. The second kappa shape index (κ2) is 4.50. The number of nitrogens with zero attached hydrogens (tertiary/aromatic N) is 2. The lowest BCUT2D eigenvalue weighted by Crippen LogP contribution is -2.65. The molecule has 0 bridgehead atoms. The number of morpholine rings is 1. The SMILES string of the molecule is CC1CNCC(C)(N2CCN3CCCC3C2)O1. The number of fused-ring (bicyclic) bond motifs is 1. The average molecular weight is 239 g/mol. The van der Waals surface area contributed by atoms with Crippen LogP contribution in [0.2, 0.25) is 0 Å². The maximum atomic E-state index is 6.21. The molecule has 3 saturated heterocycles. The predicted molar refractivity (Wildman–Crippen MR) is 68.0 cm³/mol. The zero-order valence-corrected chi connectivity index (χ0v) is 11.1. The Bertz CT molecular complexity index is 286. The van der Waals surface area contributed by atoms with Crippen LogP contribution in [-0.4, -0.2) is 66.9 Å². The summed E-state index contributed by atoms with van der Waals surface area (Å²) in [6, 6.07) is 0.779. The van der Waals surface area contributed by atoms with Gasteiger partial charge >= 0.3 is 0 Å². The van der Waals surface area contributed by atoms with E-state index < -0.39 is 0 Å². The lowest BCUT2D eigenvalue weighted by Gasteiger charge is -2.50. The molecule has 3 unspecified atom stereocenters. The van der Waals surface area contributed by atoms with Gasteiger partial charge in [-0.1, -0.05) is 0 Å². The first kappa shape index (κ1) is 11.9. The van der Waals surface area contributed by atoms with Gasteiger partial charge in [0.25, 0.3) is 0 Å². The molecule has 3 rings (SSSR count). The monoisotopic (exact) mass is 239 g/mol. The third-order valence-corrected chi connectivity index (χ3v) is 4.60. The molecule has 3 heterocycles. The van der Waals surface area contributed by atoms with Crippen LogP contribution in [0.3, 0.4) is 0 Å². The van der Waals surface area contributed by atoms with Crippen molar-refractivity contribution in [2.45, 2.75) is 44.6 Å². The quantitative estimate of drug-likeness (QED) is 0.721. The van der Waals surface area contributed by atoms with E-state index in [-0.39, 0.29) is 5.72 Å². The molecule has 0 aromatic heterocycles. The van der Waals surface area contributed by atoms with E-state index in [9.17, 15) is 0 Å². The van der Waals surface area contributed by atoms with Crippen molar-refractivity contribution in [3.8, 4) is 0 Å². The number of rotatable bonds is 1. The number of nitrogens with one attached hydrogen (secondary N) is 1. The summed E-state index contributed by atoms with van der Waals surface area (Å²) in [5.41, 5.74) is -0.0909. The maximum Gasteiger partial charge on any atom is 0.131 e. The third-order valence-electron chi connectivity index (χ3n) is 4.60. The first-order valence-corrected chi connectivity index (χ1v) is 7.05. The van der Waals surface area contributed by atoms with Crippen LogP contribution in [0, 0.1) is 0 Å². The second-order valence-electron chi connectivity index (χ2n) is 6.01. The van der Waals surface area contributed by atoms with Crippen LogP contribution in [0.15, 0.2) is 0 Å². The molecule has 0 radical (unpaired) electrons. The van der Waals surface area contributed by atoms with Crippen molar-refractivity contribution in [1.29, 1.82) is 0 Å². The molecule has 3 aliphatic rings. The van der Waals surface area contributed by atoms with Gasteiger partial charge in [0.15, 0.2) is 0 Å². The second-order valence-corrected chi connectivity index (χ2v) is 6.01. The molecule has 4 nitrogen and oxygen atoms in total. The van der Waals surface area contributed by atoms with Crippen LogP contribution in [0.4, 0.5) is 0 Å². The molecule has 0 spiro atoms. The summed E-state index contributed by atoms with van der Waals surface area (Å²) in [4.78, 5) is 5.21. The molecule has 0 saturated carbocycles. The number of hydrogen-bond donors (Lipinski definition) is 1. The van der Waals surface area contributed by atoms with Crippen LogP contribution in [0.25, 0.3) is 0 Å². The molecule has 0 aliphatic carbocycles. The Kier molecular flexibility index (Phi) is 3.15. The highest BCUT2D eigenvalue weighted by molar-refractivity contribution is 4.93. The van der Waals surface area contributed by atoms with Crippen LogP contribution in [-0.2, 0) is 4.74 Å². The third kappa shape index (κ3) is 2.24. The Hall–Kier alpha value is -0.160. The summed E-state index contributed by atoms with van der Waals surface area (Å²) < 4.78 is 6.21. The lowest BCUT2D eigenvalue weighted by molar-refractivity contribution is -0.197. The van der Waals surface area contributed by atoms with E-state index in [1.54, 1.807) is 0 Å². The van der Waals surface area contributed by atoms with Gasteiger partial charge in [-0.2, -0.15) is 0 Å². The van der Waals surface area contributed by atoms with Gasteiger partial charge in [0.05, 0.1) is 6.10 Å². The fourth-order valence-corrected chi connectivity index (χ4v) is 3.63. The Morgan fingerprint density at radius 1 is 1.29 bits per heavy atom. The fourth-order valence-electron chi connectivity index (χ4n) is 3.63. The average Bonchev–Trinajstić information content (AvgIpc) is 2.75. The van der Waals surface area contributed by atoms with Crippen molar-refractivity contribution in [2.24, 2.45) is 0 Å². The standard InChI is InChI=1S/C13H25N3O/c1-11-8-14-10-13(2,17-11)16-7-6-15-5-3-4-12(15)9-16/h11-12,14H,3-10H2,1-2H3. The van der Waals surface area contributed by atoms with Crippen molar-refractivity contribution >= 4 is 0 Å². The van der Waals surface area contributed by atoms with Gasteiger partial charge in [0.2, 0.25) is 0 Å². The Labute approximate surface area is 104 Å².